The molecule has 1 rings (SSSR count). The number of hydrogen-bond acceptors (Lipinski definition) is 4. The van der Waals surface area contributed by atoms with Gasteiger partial charge in [-0.25, -0.2) is 8.42 Å². The summed E-state index contributed by atoms with van der Waals surface area (Å²) >= 11 is 0. The van der Waals surface area contributed by atoms with Crippen molar-refractivity contribution >= 4 is 15.7 Å². The standard InChI is InChI=1S/C11H22N2O3S/c1-2-4-9(7-12)11(14)13-10-5-3-6-17(15,16)8-10/h9-10H,2-8,12H2,1H3,(H,13,14). The van der Waals surface area contributed by atoms with E-state index in [4.69, 9.17) is 5.73 Å². The molecule has 6 heteroatoms. The lowest BCUT2D eigenvalue weighted by atomic mass is 10.0. The Balaban J connectivity index is 2.50. The highest BCUT2D eigenvalue weighted by Gasteiger charge is 2.27. The zero-order valence-corrected chi connectivity index (χ0v) is 11.1. The van der Waals surface area contributed by atoms with Gasteiger partial charge in [0.25, 0.3) is 0 Å². The number of nitrogens with one attached hydrogen (secondary N) is 1. The van der Waals surface area contributed by atoms with Crippen LogP contribution in [0, 0.1) is 5.92 Å². The Labute approximate surface area is 103 Å². The fourth-order valence-corrected chi connectivity index (χ4v) is 3.80. The number of rotatable bonds is 5. The number of carbonyl (C=O) groups excluding carboxylic acids is 1. The second-order valence-electron chi connectivity index (χ2n) is 4.68. The van der Waals surface area contributed by atoms with Gasteiger partial charge in [0.2, 0.25) is 5.91 Å². The first kappa shape index (κ1) is 14.4. The smallest absolute Gasteiger partial charge is 0.224 e. The van der Waals surface area contributed by atoms with Crippen molar-refractivity contribution in [2.45, 2.75) is 38.6 Å². The summed E-state index contributed by atoms with van der Waals surface area (Å²) < 4.78 is 22.9. The highest BCUT2D eigenvalue weighted by Crippen LogP contribution is 2.13. The lowest BCUT2D eigenvalue weighted by molar-refractivity contribution is -0.125. The summed E-state index contributed by atoms with van der Waals surface area (Å²) in [5, 5.41) is 2.81. The average Bonchev–Trinajstić information content (AvgIpc) is 2.24. The molecule has 5 nitrogen and oxygen atoms in total. The molecule has 1 saturated heterocycles. The van der Waals surface area contributed by atoms with E-state index < -0.39 is 9.84 Å². The Bertz CT molecular complexity index is 354. The molecular weight excluding hydrogens is 240 g/mol. The Hall–Kier alpha value is -0.620. The summed E-state index contributed by atoms with van der Waals surface area (Å²) in [6.07, 6.45) is 3.03. The topological polar surface area (TPSA) is 89.3 Å². The molecule has 0 saturated carbocycles. The monoisotopic (exact) mass is 262 g/mol. The van der Waals surface area contributed by atoms with Gasteiger partial charge in [-0.05, 0) is 19.3 Å². The summed E-state index contributed by atoms with van der Waals surface area (Å²) in [5.74, 6) is 0.0256. The third kappa shape index (κ3) is 4.63. The molecule has 3 N–H and O–H groups in total. The van der Waals surface area contributed by atoms with Crippen LogP contribution in [0.3, 0.4) is 0 Å². The minimum atomic E-state index is -2.97. The molecule has 0 spiro atoms. The van der Waals surface area contributed by atoms with Crippen LogP contribution in [0.1, 0.15) is 32.6 Å². The number of sulfone groups is 1. The minimum Gasteiger partial charge on any atom is -0.352 e. The zero-order chi connectivity index (χ0) is 12.9. The Morgan fingerprint density at radius 1 is 1.53 bits per heavy atom. The van der Waals surface area contributed by atoms with E-state index in [0.717, 1.165) is 19.3 Å². The third-order valence-electron chi connectivity index (χ3n) is 3.10. The van der Waals surface area contributed by atoms with Crippen LogP contribution in [-0.4, -0.2) is 38.4 Å². The van der Waals surface area contributed by atoms with Crippen LogP contribution in [0.4, 0.5) is 0 Å². The van der Waals surface area contributed by atoms with Gasteiger partial charge in [-0.15, -0.1) is 0 Å². The van der Waals surface area contributed by atoms with Crippen LogP contribution in [0.2, 0.25) is 0 Å². The molecule has 0 aliphatic carbocycles. The quantitative estimate of drug-likeness (QED) is 0.733. The van der Waals surface area contributed by atoms with Crippen molar-refractivity contribution in [3.05, 3.63) is 0 Å². The first-order valence-electron chi connectivity index (χ1n) is 6.19. The van der Waals surface area contributed by atoms with Crippen LogP contribution in [0.5, 0.6) is 0 Å². The fourth-order valence-electron chi connectivity index (χ4n) is 2.16. The SMILES string of the molecule is CCCC(CN)C(=O)NC1CCCS(=O)(=O)C1. The molecular formula is C11H22N2O3S. The van der Waals surface area contributed by atoms with Gasteiger partial charge in [-0.3, -0.25) is 4.79 Å². The van der Waals surface area contributed by atoms with Crippen molar-refractivity contribution in [1.29, 1.82) is 0 Å². The van der Waals surface area contributed by atoms with Gasteiger partial charge in [-0.2, -0.15) is 0 Å². The predicted octanol–water partition coefficient (Wildman–Crippen LogP) is 0.0548. The first-order chi connectivity index (χ1) is 7.98. The summed E-state index contributed by atoms with van der Waals surface area (Å²) in [6.45, 7) is 2.32. The third-order valence-corrected chi connectivity index (χ3v) is 4.92. The molecule has 0 aromatic carbocycles. The lowest BCUT2D eigenvalue weighted by Gasteiger charge is -2.25. The van der Waals surface area contributed by atoms with Crippen LogP contribution in [-0.2, 0) is 14.6 Å². The molecule has 0 aromatic rings. The van der Waals surface area contributed by atoms with Crippen LogP contribution in [0.15, 0.2) is 0 Å². The van der Waals surface area contributed by atoms with Crippen molar-refractivity contribution < 1.29 is 13.2 Å². The van der Waals surface area contributed by atoms with E-state index in [2.05, 4.69) is 5.32 Å². The maximum Gasteiger partial charge on any atom is 0.224 e. The Morgan fingerprint density at radius 2 is 2.24 bits per heavy atom. The highest BCUT2D eigenvalue weighted by atomic mass is 32.2. The van der Waals surface area contributed by atoms with E-state index in [9.17, 15) is 13.2 Å². The van der Waals surface area contributed by atoms with Crippen LogP contribution < -0.4 is 11.1 Å². The van der Waals surface area contributed by atoms with Gasteiger partial charge in [0.05, 0.1) is 17.4 Å². The molecule has 1 aliphatic rings. The summed E-state index contributed by atoms with van der Waals surface area (Å²) in [7, 11) is -2.97. The maximum atomic E-state index is 11.9. The number of amides is 1. The molecule has 2 atom stereocenters. The van der Waals surface area contributed by atoms with E-state index in [1.165, 1.54) is 0 Å². The molecule has 0 aromatic heterocycles. The summed E-state index contributed by atoms with van der Waals surface area (Å²) in [5.41, 5.74) is 5.54. The number of nitrogens with two attached hydrogens (primary N) is 1. The maximum absolute atomic E-state index is 11.9. The molecule has 1 fully saturated rings. The molecule has 1 aliphatic heterocycles. The van der Waals surface area contributed by atoms with Gasteiger partial charge in [0.15, 0.2) is 9.84 Å². The summed E-state index contributed by atoms with van der Waals surface area (Å²) in [6, 6.07) is -0.229. The number of carbonyl (C=O) groups is 1. The van der Waals surface area contributed by atoms with Crippen molar-refractivity contribution in [3.63, 3.8) is 0 Å². The van der Waals surface area contributed by atoms with E-state index in [1.54, 1.807) is 0 Å². The average molecular weight is 262 g/mol. The van der Waals surface area contributed by atoms with Crippen molar-refractivity contribution in [2.75, 3.05) is 18.1 Å². The zero-order valence-electron chi connectivity index (χ0n) is 10.3. The first-order valence-corrected chi connectivity index (χ1v) is 8.01. The molecule has 0 radical (unpaired) electrons. The second kappa shape index (κ2) is 6.35. The van der Waals surface area contributed by atoms with Gasteiger partial charge < -0.3 is 11.1 Å². The predicted molar refractivity (Wildman–Crippen MR) is 67.3 cm³/mol. The molecule has 2 unspecified atom stereocenters. The molecule has 0 bridgehead atoms. The second-order valence-corrected chi connectivity index (χ2v) is 6.91. The van der Waals surface area contributed by atoms with Crippen molar-refractivity contribution in [1.82, 2.24) is 5.32 Å². The van der Waals surface area contributed by atoms with Crippen molar-refractivity contribution in [3.8, 4) is 0 Å². The molecule has 100 valence electrons. The van der Waals surface area contributed by atoms with Crippen molar-refractivity contribution in [2.24, 2.45) is 11.7 Å². The molecule has 1 heterocycles. The summed E-state index contributed by atoms with van der Waals surface area (Å²) in [4.78, 5) is 11.9. The van der Waals surface area contributed by atoms with Crippen LogP contribution >= 0.6 is 0 Å². The van der Waals surface area contributed by atoms with Gasteiger partial charge >= 0.3 is 0 Å². The van der Waals surface area contributed by atoms with E-state index in [0.29, 0.717) is 13.0 Å². The largest absolute Gasteiger partial charge is 0.352 e. The fraction of sp³-hybridized carbons (Fsp3) is 0.909. The van der Waals surface area contributed by atoms with Gasteiger partial charge in [-0.1, -0.05) is 13.3 Å². The Kier molecular flexibility index (Phi) is 5.39. The minimum absolute atomic E-state index is 0.0716. The van der Waals surface area contributed by atoms with Crippen LogP contribution in [0.25, 0.3) is 0 Å². The van der Waals surface area contributed by atoms with Gasteiger partial charge in [0.1, 0.15) is 0 Å². The molecule has 17 heavy (non-hydrogen) atoms. The lowest BCUT2D eigenvalue weighted by Crippen LogP contribution is -2.46. The Morgan fingerprint density at radius 3 is 2.76 bits per heavy atom. The van der Waals surface area contributed by atoms with E-state index in [-0.39, 0.29) is 29.4 Å². The molecule has 1 amide bonds. The van der Waals surface area contributed by atoms with E-state index >= 15 is 0 Å². The van der Waals surface area contributed by atoms with E-state index in [1.807, 2.05) is 6.92 Å². The number of hydrogen-bond donors (Lipinski definition) is 2. The van der Waals surface area contributed by atoms with Gasteiger partial charge in [0, 0.05) is 12.6 Å². The highest BCUT2D eigenvalue weighted by molar-refractivity contribution is 7.91. The normalized spacial score (nSPS) is 25.2.